The Labute approximate surface area is 184 Å². The molecule has 2 aromatic rings. The van der Waals surface area contributed by atoms with Gasteiger partial charge in [0.25, 0.3) is 5.91 Å². The van der Waals surface area contributed by atoms with Crippen LogP contribution in [0.25, 0.3) is 10.9 Å². The van der Waals surface area contributed by atoms with Crippen LogP contribution in [0.1, 0.15) is 49.5 Å². The highest BCUT2D eigenvalue weighted by Gasteiger charge is 2.36. The smallest absolute Gasteiger partial charge is 0.270 e. The van der Waals surface area contributed by atoms with Gasteiger partial charge in [-0.15, -0.1) is 0 Å². The Hall–Kier alpha value is -2.54. The Morgan fingerprint density at radius 3 is 2.55 bits per heavy atom. The summed E-state index contributed by atoms with van der Waals surface area (Å²) >= 11 is 0. The molecule has 168 valence electrons. The summed E-state index contributed by atoms with van der Waals surface area (Å²) in [5, 5.41) is 1.01. The predicted octanol–water partition coefficient (Wildman–Crippen LogP) is 2.77. The molecule has 1 saturated carbocycles. The minimum Gasteiger partial charge on any atom is -0.497 e. The number of aromatic nitrogens is 1. The first-order valence-electron chi connectivity index (χ1n) is 11.4. The van der Waals surface area contributed by atoms with Crippen molar-refractivity contribution < 1.29 is 14.3 Å². The van der Waals surface area contributed by atoms with Crippen molar-refractivity contribution in [2.75, 3.05) is 26.7 Å². The third kappa shape index (κ3) is 4.15. The molecule has 0 bridgehead atoms. The number of hydrogen-bond donors (Lipinski definition) is 1. The lowest BCUT2D eigenvalue weighted by Gasteiger charge is -2.42. The van der Waals surface area contributed by atoms with Crippen molar-refractivity contribution in [1.29, 1.82) is 0 Å². The molecule has 2 N–H and O–H groups in total. The molecule has 2 fully saturated rings. The number of methoxy groups -OCH3 is 1. The number of aryl methyl sites for hydroxylation is 1. The molecule has 7 nitrogen and oxygen atoms in total. The summed E-state index contributed by atoms with van der Waals surface area (Å²) < 4.78 is 7.24. The largest absolute Gasteiger partial charge is 0.497 e. The molecule has 0 unspecified atom stereocenters. The monoisotopic (exact) mass is 426 g/mol. The van der Waals surface area contributed by atoms with E-state index in [1.807, 2.05) is 52.6 Å². The Morgan fingerprint density at radius 2 is 1.87 bits per heavy atom. The molecule has 2 atom stereocenters. The molecule has 1 aromatic carbocycles. The molecule has 2 amide bonds. The summed E-state index contributed by atoms with van der Waals surface area (Å²) in [6, 6.07) is 7.28. The van der Waals surface area contributed by atoms with Crippen molar-refractivity contribution in [2.45, 2.75) is 51.1 Å². The molecule has 1 aliphatic carbocycles. The molecule has 7 heteroatoms. The van der Waals surface area contributed by atoms with Crippen molar-refractivity contribution >= 4 is 22.7 Å². The van der Waals surface area contributed by atoms with Gasteiger partial charge in [0.2, 0.25) is 5.91 Å². The van der Waals surface area contributed by atoms with Crippen LogP contribution in [0.2, 0.25) is 0 Å². The van der Waals surface area contributed by atoms with Crippen LogP contribution in [-0.4, -0.2) is 65.0 Å². The van der Waals surface area contributed by atoms with Crippen LogP contribution >= 0.6 is 0 Å². The van der Waals surface area contributed by atoms with Crippen molar-refractivity contribution in [1.82, 2.24) is 14.4 Å². The zero-order valence-corrected chi connectivity index (χ0v) is 18.8. The quantitative estimate of drug-likeness (QED) is 0.815. The molecule has 0 radical (unpaired) electrons. The van der Waals surface area contributed by atoms with Crippen molar-refractivity contribution in [2.24, 2.45) is 18.7 Å². The normalized spacial score (nSPS) is 21.4. The summed E-state index contributed by atoms with van der Waals surface area (Å²) in [6.07, 6.45) is 5.67. The molecule has 2 aliphatic rings. The maximum absolute atomic E-state index is 13.3. The van der Waals surface area contributed by atoms with Crippen LogP contribution in [0, 0.1) is 5.92 Å². The lowest BCUT2D eigenvalue weighted by molar-refractivity contribution is -0.138. The van der Waals surface area contributed by atoms with E-state index in [0.717, 1.165) is 29.5 Å². The number of amides is 2. The molecule has 4 rings (SSSR count). The Morgan fingerprint density at radius 1 is 1.13 bits per heavy atom. The number of carbonyl (C=O) groups excluding carboxylic acids is 2. The van der Waals surface area contributed by atoms with E-state index in [4.69, 9.17) is 10.5 Å². The van der Waals surface area contributed by atoms with Crippen LogP contribution in [0.15, 0.2) is 24.3 Å². The van der Waals surface area contributed by atoms with Crippen LogP contribution in [0.4, 0.5) is 0 Å². The molecular weight excluding hydrogens is 392 g/mol. The summed E-state index contributed by atoms with van der Waals surface area (Å²) in [7, 11) is 3.54. The van der Waals surface area contributed by atoms with Gasteiger partial charge in [-0.3, -0.25) is 9.59 Å². The van der Waals surface area contributed by atoms with E-state index in [2.05, 4.69) is 0 Å². The molecule has 0 spiro atoms. The van der Waals surface area contributed by atoms with E-state index >= 15 is 0 Å². The van der Waals surface area contributed by atoms with Crippen LogP contribution < -0.4 is 10.5 Å². The Bertz CT molecular complexity index is 963. The lowest BCUT2D eigenvalue weighted by Crippen LogP contribution is -2.59. The topological polar surface area (TPSA) is 80.8 Å². The van der Waals surface area contributed by atoms with Gasteiger partial charge in [0.15, 0.2) is 0 Å². The molecule has 1 aliphatic heterocycles. The van der Waals surface area contributed by atoms with Gasteiger partial charge in [-0.1, -0.05) is 19.3 Å². The van der Waals surface area contributed by atoms with E-state index in [1.165, 1.54) is 19.3 Å². The zero-order valence-electron chi connectivity index (χ0n) is 18.8. The van der Waals surface area contributed by atoms with Gasteiger partial charge >= 0.3 is 0 Å². The highest BCUT2D eigenvalue weighted by Crippen LogP contribution is 2.28. The number of piperazine rings is 1. The SMILES string of the molecule is COc1ccc2cc(C(=O)N3CCN(C(=O)[C@@H](N)C4CCCCC4)[C@@H](C)C3)n(C)c2c1. The van der Waals surface area contributed by atoms with Crippen molar-refractivity contribution in [3.8, 4) is 5.75 Å². The Kier molecular flexibility index (Phi) is 6.23. The summed E-state index contributed by atoms with van der Waals surface area (Å²) in [4.78, 5) is 30.1. The number of benzene rings is 1. The molecular formula is C24H34N4O3. The minimum atomic E-state index is -0.418. The predicted molar refractivity (Wildman–Crippen MR) is 121 cm³/mol. The number of carbonyl (C=O) groups is 2. The number of rotatable bonds is 4. The average molecular weight is 427 g/mol. The zero-order chi connectivity index (χ0) is 22.1. The molecule has 2 heterocycles. The fourth-order valence-electron chi connectivity index (χ4n) is 5.16. The first kappa shape index (κ1) is 21.7. The standard InChI is InChI=1S/C24H34N4O3/c1-16-15-27(11-12-28(16)24(30)22(25)17-7-5-4-6-8-17)23(29)21-13-18-9-10-19(31-3)14-20(18)26(21)2/h9-10,13-14,16-17,22H,4-8,11-12,15,25H2,1-3H3/t16-,22-/m0/s1. The number of nitrogens with zero attached hydrogens (tertiary/aromatic N) is 3. The third-order valence-electron chi connectivity index (χ3n) is 7.11. The van der Waals surface area contributed by atoms with Gasteiger partial charge in [0, 0.05) is 44.2 Å². The summed E-state index contributed by atoms with van der Waals surface area (Å²) in [5.41, 5.74) is 7.98. The molecule has 1 aromatic heterocycles. The number of hydrogen-bond acceptors (Lipinski definition) is 4. The van der Waals surface area contributed by atoms with Gasteiger partial charge in [0.1, 0.15) is 11.4 Å². The Balaban J connectivity index is 1.45. The van der Waals surface area contributed by atoms with E-state index in [-0.39, 0.29) is 17.9 Å². The van der Waals surface area contributed by atoms with Gasteiger partial charge in [-0.2, -0.15) is 0 Å². The number of nitrogens with two attached hydrogens (primary N) is 1. The average Bonchev–Trinajstić information content (AvgIpc) is 3.13. The summed E-state index contributed by atoms with van der Waals surface area (Å²) in [6.45, 7) is 3.59. The summed E-state index contributed by atoms with van der Waals surface area (Å²) in [5.74, 6) is 1.10. The third-order valence-corrected chi connectivity index (χ3v) is 7.11. The van der Waals surface area contributed by atoms with E-state index in [9.17, 15) is 9.59 Å². The highest BCUT2D eigenvalue weighted by molar-refractivity contribution is 5.99. The van der Waals surface area contributed by atoms with E-state index < -0.39 is 6.04 Å². The number of fused-ring (bicyclic) bond motifs is 1. The lowest BCUT2D eigenvalue weighted by atomic mass is 9.83. The first-order valence-corrected chi connectivity index (χ1v) is 11.4. The van der Waals surface area contributed by atoms with Gasteiger partial charge in [-0.25, -0.2) is 0 Å². The fraction of sp³-hybridized carbons (Fsp3) is 0.583. The van der Waals surface area contributed by atoms with E-state index in [0.29, 0.717) is 31.2 Å². The molecule has 1 saturated heterocycles. The number of ether oxygens (including phenoxy) is 1. The maximum atomic E-state index is 13.3. The van der Waals surface area contributed by atoms with Gasteiger partial charge in [0.05, 0.1) is 18.7 Å². The van der Waals surface area contributed by atoms with Crippen molar-refractivity contribution in [3.05, 3.63) is 30.0 Å². The second-order valence-electron chi connectivity index (χ2n) is 9.07. The minimum absolute atomic E-state index is 0.00630. The molecule has 31 heavy (non-hydrogen) atoms. The second-order valence-corrected chi connectivity index (χ2v) is 9.07. The fourth-order valence-corrected chi connectivity index (χ4v) is 5.16. The van der Waals surface area contributed by atoms with Gasteiger partial charge < -0.3 is 24.8 Å². The van der Waals surface area contributed by atoms with Gasteiger partial charge in [-0.05, 0) is 43.9 Å². The van der Waals surface area contributed by atoms with Crippen molar-refractivity contribution in [3.63, 3.8) is 0 Å². The van der Waals surface area contributed by atoms with E-state index in [1.54, 1.807) is 7.11 Å². The van der Waals surface area contributed by atoms with Crippen LogP contribution in [0.3, 0.4) is 0 Å². The second kappa shape index (κ2) is 8.91. The van der Waals surface area contributed by atoms with Crippen LogP contribution in [0.5, 0.6) is 5.75 Å². The maximum Gasteiger partial charge on any atom is 0.270 e. The first-order chi connectivity index (χ1) is 14.9. The van der Waals surface area contributed by atoms with Crippen LogP contribution in [-0.2, 0) is 11.8 Å². The highest BCUT2D eigenvalue weighted by atomic mass is 16.5.